The number of carbonyl (C=O) groups is 1. The van der Waals surface area contributed by atoms with Gasteiger partial charge in [0.2, 0.25) is 0 Å². The van der Waals surface area contributed by atoms with Crippen molar-refractivity contribution in [2.45, 2.75) is 11.8 Å². The monoisotopic (exact) mass is 394 g/mol. The lowest BCUT2D eigenvalue weighted by atomic mass is 10.2. The van der Waals surface area contributed by atoms with Crippen molar-refractivity contribution in [1.82, 2.24) is 8.96 Å². The molecule has 0 spiro atoms. The molecule has 0 radical (unpaired) electrons. The number of pyridine rings is 1. The maximum absolute atomic E-state index is 12.9. The summed E-state index contributed by atoms with van der Waals surface area (Å²) in [5.41, 5.74) is 0.789. The summed E-state index contributed by atoms with van der Waals surface area (Å²) < 4.78 is 27.1. The number of carboxylic acids is 1. The van der Waals surface area contributed by atoms with Crippen molar-refractivity contribution in [1.29, 1.82) is 0 Å². The van der Waals surface area contributed by atoms with E-state index < -0.39 is 16.0 Å². The summed E-state index contributed by atoms with van der Waals surface area (Å²) in [7, 11) is -4.05. The Morgan fingerprint density at radius 1 is 1.22 bits per heavy atom. The molecule has 1 aromatic carbocycles. The van der Waals surface area contributed by atoms with Gasteiger partial charge in [0, 0.05) is 5.39 Å². The molecule has 3 rings (SSSR count). The molecule has 0 bridgehead atoms. The summed E-state index contributed by atoms with van der Waals surface area (Å²) in [6.07, 6.45) is 1.33. The number of fused-ring (bicyclic) bond motifs is 1. The number of hydrogen-bond donors (Lipinski definition) is 1. The zero-order valence-electron chi connectivity index (χ0n) is 11.9. The Balaban J connectivity index is 2.35. The van der Waals surface area contributed by atoms with Crippen LogP contribution >= 0.6 is 15.9 Å². The van der Waals surface area contributed by atoms with Crippen molar-refractivity contribution in [3.05, 3.63) is 58.5 Å². The summed E-state index contributed by atoms with van der Waals surface area (Å²) in [5.74, 6) is -1.33. The Morgan fingerprint density at radius 2 is 1.87 bits per heavy atom. The van der Waals surface area contributed by atoms with Crippen LogP contribution in [-0.2, 0) is 10.0 Å². The van der Waals surface area contributed by atoms with E-state index in [0.29, 0.717) is 9.99 Å². The van der Waals surface area contributed by atoms with Crippen LogP contribution in [0.25, 0.3) is 10.9 Å². The summed E-state index contributed by atoms with van der Waals surface area (Å²) in [5, 5.41) is 9.85. The maximum Gasteiger partial charge on any atom is 0.353 e. The molecule has 0 aliphatic carbocycles. The highest BCUT2D eigenvalue weighted by atomic mass is 79.9. The third kappa shape index (κ3) is 2.64. The van der Waals surface area contributed by atoms with Crippen LogP contribution in [0.5, 0.6) is 0 Å². The smallest absolute Gasteiger partial charge is 0.353 e. The van der Waals surface area contributed by atoms with Gasteiger partial charge in [-0.15, -0.1) is 0 Å². The van der Waals surface area contributed by atoms with Gasteiger partial charge < -0.3 is 5.11 Å². The van der Waals surface area contributed by atoms with Gasteiger partial charge in [0.05, 0.1) is 16.6 Å². The van der Waals surface area contributed by atoms with Gasteiger partial charge in [0.1, 0.15) is 10.3 Å². The molecule has 118 valence electrons. The molecule has 3 aromatic rings. The van der Waals surface area contributed by atoms with Crippen molar-refractivity contribution in [3.8, 4) is 0 Å². The maximum atomic E-state index is 12.9. The number of carboxylic acid groups (broad SMARTS) is 1. The van der Waals surface area contributed by atoms with Crippen molar-refractivity contribution >= 4 is 42.8 Å². The van der Waals surface area contributed by atoms with E-state index in [-0.39, 0.29) is 16.1 Å². The topological polar surface area (TPSA) is 89.3 Å². The first kappa shape index (κ1) is 15.7. The first-order valence-electron chi connectivity index (χ1n) is 6.53. The molecule has 8 heteroatoms. The fourth-order valence-corrected chi connectivity index (χ4v) is 4.12. The van der Waals surface area contributed by atoms with Gasteiger partial charge in [-0.05, 0) is 47.1 Å². The molecule has 0 amide bonds. The molecule has 23 heavy (non-hydrogen) atoms. The molecule has 6 nitrogen and oxygen atoms in total. The zero-order chi connectivity index (χ0) is 16.8. The molecule has 0 aliphatic heterocycles. The predicted octanol–water partition coefficient (Wildman–Crippen LogP) is 3.04. The standard InChI is InChI=1S/C15H11BrN2O4S/c1-9-2-4-11(5-3-9)23(21,22)18-12(15(19)20)6-10-7-14(16)17-8-13(10)18/h2-8H,1H3,(H,19,20). The number of hydrogen-bond acceptors (Lipinski definition) is 4. The number of rotatable bonds is 3. The van der Waals surface area contributed by atoms with Crippen LogP contribution in [0, 0.1) is 6.92 Å². The van der Waals surface area contributed by atoms with Crippen molar-refractivity contribution < 1.29 is 18.3 Å². The first-order valence-corrected chi connectivity index (χ1v) is 8.76. The summed E-state index contributed by atoms with van der Waals surface area (Å²) >= 11 is 3.19. The summed E-state index contributed by atoms with van der Waals surface area (Å²) in [6.45, 7) is 1.84. The molecule has 0 saturated carbocycles. The van der Waals surface area contributed by atoms with Crippen LogP contribution in [0.1, 0.15) is 16.1 Å². The fraction of sp³-hybridized carbons (Fsp3) is 0.0667. The Kier molecular flexibility index (Phi) is 3.73. The molecule has 0 saturated heterocycles. The molecule has 1 N–H and O–H groups in total. The molecule has 0 atom stereocenters. The Bertz CT molecular complexity index is 1020. The Morgan fingerprint density at radius 3 is 2.48 bits per heavy atom. The number of benzene rings is 1. The van der Waals surface area contributed by atoms with Gasteiger partial charge in [0.15, 0.2) is 0 Å². The van der Waals surface area contributed by atoms with Crippen LogP contribution in [0.3, 0.4) is 0 Å². The predicted molar refractivity (Wildman–Crippen MR) is 88.2 cm³/mol. The number of halogens is 1. The van der Waals surface area contributed by atoms with Gasteiger partial charge >= 0.3 is 5.97 Å². The van der Waals surface area contributed by atoms with E-state index in [1.807, 2.05) is 6.92 Å². The minimum absolute atomic E-state index is 0.0195. The lowest BCUT2D eigenvalue weighted by Crippen LogP contribution is -2.18. The lowest BCUT2D eigenvalue weighted by Gasteiger charge is -2.10. The molecule has 2 aromatic heterocycles. The van der Waals surface area contributed by atoms with Gasteiger partial charge in [-0.2, -0.15) is 0 Å². The van der Waals surface area contributed by atoms with Crippen LogP contribution in [0.4, 0.5) is 0 Å². The normalized spacial score (nSPS) is 11.7. The largest absolute Gasteiger partial charge is 0.477 e. The van der Waals surface area contributed by atoms with Crippen molar-refractivity contribution in [2.75, 3.05) is 0 Å². The number of aromatic nitrogens is 2. The van der Waals surface area contributed by atoms with Crippen molar-refractivity contribution in [3.63, 3.8) is 0 Å². The highest BCUT2D eigenvalue weighted by Gasteiger charge is 2.26. The molecular formula is C15H11BrN2O4S. The summed E-state index contributed by atoms with van der Waals surface area (Å²) in [4.78, 5) is 15.5. The molecule has 0 fully saturated rings. The molecular weight excluding hydrogens is 384 g/mol. The molecule has 2 heterocycles. The SMILES string of the molecule is Cc1ccc(S(=O)(=O)n2c(C(=O)O)cc3cc(Br)ncc32)cc1. The van der Waals surface area contributed by atoms with E-state index in [1.54, 1.807) is 18.2 Å². The van der Waals surface area contributed by atoms with Gasteiger partial charge in [0.25, 0.3) is 10.0 Å². The molecule has 0 aliphatic rings. The van der Waals surface area contributed by atoms with Crippen LogP contribution in [0.15, 0.2) is 52.1 Å². The third-order valence-corrected chi connectivity index (χ3v) is 5.56. The molecule has 0 unspecified atom stereocenters. The number of aromatic carboxylic acids is 1. The second kappa shape index (κ2) is 5.47. The quantitative estimate of drug-likeness (QED) is 0.689. The minimum Gasteiger partial charge on any atom is -0.477 e. The van der Waals surface area contributed by atoms with Gasteiger partial charge in [-0.3, -0.25) is 0 Å². The van der Waals surface area contributed by atoms with E-state index >= 15 is 0 Å². The highest BCUT2D eigenvalue weighted by Crippen LogP contribution is 2.27. The van der Waals surface area contributed by atoms with Crippen LogP contribution < -0.4 is 0 Å². The second-order valence-corrected chi connectivity index (χ2v) is 7.58. The van der Waals surface area contributed by atoms with Crippen LogP contribution in [0.2, 0.25) is 0 Å². The van der Waals surface area contributed by atoms with Crippen molar-refractivity contribution in [2.24, 2.45) is 0 Å². The van der Waals surface area contributed by atoms with E-state index in [0.717, 1.165) is 9.54 Å². The van der Waals surface area contributed by atoms with Gasteiger partial charge in [-0.1, -0.05) is 17.7 Å². The van der Waals surface area contributed by atoms with Crippen LogP contribution in [-0.4, -0.2) is 28.5 Å². The average Bonchev–Trinajstić information content (AvgIpc) is 2.87. The number of nitrogens with zero attached hydrogens (tertiary/aromatic N) is 2. The first-order chi connectivity index (χ1) is 10.8. The second-order valence-electron chi connectivity index (χ2n) is 4.98. The van der Waals surface area contributed by atoms with E-state index in [2.05, 4.69) is 20.9 Å². The minimum atomic E-state index is -4.05. The Labute approximate surface area is 140 Å². The Hall–Kier alpha value is -2.19. The van der Waals surface area contributed by atoms with E-state index in [1.165, 1.54) is 24.4 Å². The summed E-state index contributed by atoms with van der Waals surface area (Å²) in [6, 6.07) is 9.11. The zero-order valence-corrected chi connectivity index (χ0v) is 14.3. The number of aryl methyl sites for hydroxylation is 1. The van der Waals surface area contributed by atoms with E-state index in [9.17, 15) is 18.3 Å². The van der Waals surface area contributed by atoms with E-state index in [4.69, 9.17) is 0 Å². The lowest BCUT2D eigenvalue weighted by molar-refractivity contribution is 0.0689. The third-order valence-electron chi connectivity index (χ3n) is 3.39. The average molecular weight is 395 g/mol. The van der Waals surface area contributed by atoms with Gasteiger partial charge in [-0.25, -0.2) is 22.2 Å². The fourth-order valence-electron chi connectivity index (χ4n) is 2.28. The highest BCUT2D eigenvalue weighted by molar-refractivity contribution is 9.10.